The fourth-order valence-electron chi connectivity index (χ4n) is 3.73. The van der Waals surface area contributed by atoms with Crippen LogP contribution in [-0.2, 0) is 11.3 Å². The minimum atomic E-state index is -0.00742. The lowest BCUT2D eigenvalue weighted by molar-refractivity contribution is -0.120. The number of hydrogen-bond acceptors (Lipinski definition) is 3. The van der Waals surface area contributed by atoms with Crippen molar-refractivity contribution in [3.63, 3.8) is 0 Å². The molecule has 0 spiro atoms. The second-order valence-corrected chi connectivity index (χ2v) is 7.14. The number of hydrogen-bond donors (Lipinski definition) is 1. The minimum Gasteiger partial charge on any atom is -0.310 e. The van der Waals surface area contributed by atoms with Crippen LogP contribution in [0.2, 0.25) is 0 Å². The van der Waals surface area contributed by atoms with E-state index in [1.807, 2.05) is 42.5 Å². The van der Waals surface area contributed by atoms with Gasteiger partial charge in [0, 0.05) is 25.0 Å². The van der Waals surface area contributed by atoms with Gasteiger partial charge in [0.1, 0.15) is 5.82 Å². The average Bonchev–Trinajstić information content (AvgIpc) is 3.03. The molecule has 1 amide bonds. The minimum absolute atomic E-state index is 0.00742. The maximum atomic E-state index is 12.8. The maximum absolute atomic E-state index is 12.8. The second-order valence-electron chi connectivity index (χ2n) is 7.14. The number of benzene rings is 2. The van der Waals surface area contributed by atoms with E-state index >= 15 is 0 Å². The van der Waals surface area contributed by atoms with E-state index in [-0.39, 0.29) is 11.8 Å². The summed E-state index contributed by atoms with van der Waals surface area (Å²) >= 11 is 0. The first-order chi connectivity index (χ1) is 12.7. The highest BCUT2D eigenvalue weighted by Crippen LogP contribution is 2.26. The molecule has 4 rings (SSSR count). The molecule has 4 heteroatoms. The largest absolute Gasteiger partial charge is 0.310 e. The fraction of sp³-hybridized carbons (Fsp3) is 0.273. The normalized spacial score (nSPS) is 20.3. The Morgan fingerprint density at radius 1 is 1.04 bits per heavy atom. The zero-order valence-corrected chi connectivity index (χ0v) is 14.9. The first-order valence-corrected chi connectivity index (χ1v) is 9.12. The summed E-state index contributed by atoms with van der Waals surface area (Å²) in [6, 6.07) is 22.2. The molecule has 132 valence electrons. The van der Waals surface area contributed by atoms with Gasteiger partial charge in [-0.05, 0) is 29.7 Å². The maximum Gasteiger partial charge on any atom is 0.230 e. The molecular weight excluding hydrogens is 322 g/mol. The molecule has 0 aliphatic carbocycles. The molecular formula is C22H23N3O. The highest BCUT2D eigenvalue weighted by Gasteiger charge is 2.34. The molecule has 2 unspecified atom stereocenters. The zero-order valence-electron chi connectivity index (χ0n) is 14.9. The zero-order chi connectivity index (χ0) is 17.9. The lowest BCUT2D eigenvalue weighted by Crippen LogP contribution is -2.29. The van der Waals surface area contributed by atoms with Crippen LogP contribution in [0.1, 0.15) is 12.5 Å². The number of para-hydroxylation sites is 1. The van der Waals surface area contributed by atoms with Crippen molar-refractivity contribution in [3.8, 4) is 0 Å². The Bertz CT molecular complexity index is 909. The van der Waals surface area contributed by atoms with Crippen molar-refractivity contribution in [2.75, 3.05) is 18.4 Å². The van der Waals surface area contributed by atoms with Crippen LogP contribution in [0, 0.1) is 11.8 Å². The molecule has 1 N–H and O–H groups in total. The summed E-state index contributed by atoms with van der Waals surface area (Å²) in [5.74, 6) is 1.02. The predicted octanol–water partition coefficient (Wildman–Crippen LogP) is 3.94. The Morgan fingerprint density at radius 3 is 2.65 bits per heavy atom. The molecule has 1 saturated heterocycles. The van der Waals surface area contributed by atoms with E-state index in [1.165, 1.54) is 5.56 Å². The number of rotatable bonds is 4. The van der Waals surface area contributed by atoms with Gasteiger partial charge in [-0.3, -0.25) is 9.69 Å². The molecule has 1 fully saturated rings. The topological polar surface area (TPSA) is 45.2 Å². The number of fused-ring (bicyclic) bond motifs is 1. The number of nitrogens with one attached hydrogen (secondary N) is 1. The van der Waals surface area contributed by atoms with E-state index in [2.05, 4.69) is 46.4 Å². The standard InChI is InChI=1S/C22H23N3O/c1-16-13-25(14-17-7-3-2-4-8-17)15-19(16)22(26)24-21-12-11-18-9-5-6-10-20(18)23-21/h2-12,16,19H,13-15H2,1H3,(H,23,24,26). The summed E-state index contributed by atoms with van der Waals surface area (Å²) in [5.41, 5.74) is 2.19. The monoisotopic (exact) mass is 345 g/mol. The van der Waals surface area contributed by atoms with Crippen LogP contribution < -0.4 is 5.32 Å². The smallest absolute Gasteiger partial charge is 0.230 e. The van der Waals surface area contributed by atoms with Crippen molar-refractivity contribution >= 4 is 22.6 Å². The molecule has 0 bridgehead atoms. The summed E-state index contributed by atoms with van der Waals surface area (Å²) in [7, 11) is 0. The van der Waals surface area contributed by atoms with Gasteiger partial charge in [-0.1, -0.05) is 55.5 Å². The van der Waals surface area contributed by atoms with Gasteiger partial charge in [-0.25, -0.2) is 4.98 Å². The van der Waals surface area contributed by atoms with Crippen molar-refractivity contribution in [3.05, 3.63) is 72.3 Å². The summed E-state index contributed by atoms with van der Waals surface area (Å²) < 4.78 is 0. The number of pyridine rings is 1. The van der Waals surface area contributed by atoms with Crippen molar-refractivity contribution in [2.45, 2.75) is 13.5 Å². The molecule has 2 aromatic carbocycles. The molecule has 0 radical (unpaired) electrons. The van der Waals surface area contributed by atoms with E-state index < -0.39 is 0 Å². The van der Waals surface area contributed by atoms with Gasteiger partial charge in [0.05, 0.1) is 11.4 Å². The predicted molar refractivity (Wildman–Crippen MR) is 105 cm³/mol. The summed E-state index contributed by atoms with van der Waals surface area (Å²) in [6.07, 6.45) is 0. The van der Waals surface area contributed by atoms with Gasteiger partial charge in [0.25, 0.3) is 0 Å². The van der Waals surface area contributed by atoms with E-state index in [1.54, 1.807) is 0 Å². The quantitative estimate of drug-likeness (QED) is 0.779. The van der Waals surface area contributed by atoms with Gasteiger partial charge >= 0.3 is 0 Å². The number of aromatic nitrogens is 1. The van der Waals surface area contributed by atoms with E-state index in [0.717, 1.165) is 30.5 Å². The van der Waals surface area contributed by atoms with E-state index in [9.17, 15) is 4.79 Å². The summed E-state index contributed by atoms with van der Waals surface area (Å²) in [5, 5.41) is 4.09. The lowest BCUT2D eigenvalue weighted by Gasteiger charge is -2.16. The molecule has 1 aromatic heterocycles. The van der Waals surface area contributed by atoms with Gasteiger partial charge in [0.15, 0.2) is 0 Å². The van der Waals surface area contributed by atoms with Gasteiger partial charge in [-0.2, -0.15) is 0 Å². The number of carbonyl (C=O) groups is 1. The second kappa shape index (κ2) is 7.26. The molecule has 4 nitrogen and oxygen atoms in total. The highest BCUT2D eigenvalue weighted by atomic mass is 16.2. The Morgan fingerprint density at radius 2 is 1.81 bits per heavy atom. The Labute approximate surface area is 153 Å². The van der Waals surface area contributed by atoms with Crippen molar-refractivity contribution in [2.24, 2.45) is 11.8 Å². The number of carbonyl (C=O) groups excluding carboxylic acids is 1. The Hall–Kier alpha value is -2.72. The van der Waals surface area contributed by atoms with Crippen LogP contribution in [-0.4, -0.2) is 28.9 Å². The van der Waals surface area contributed by atoms with Crippen molar-refractivity contribution in [1.82, 2.24) is 9.88 Å². The number of likely N-dealkylation sites (tertiary alicyclic amines) is 1. The van der Waals surface area contributed by atoms with E-state index in [4.69, 9.17) is 0 Å². The third-order valence-corrected chi connectivity index (χ3v) is 5.12. The van der Waals surface area contributed by atoms with Gasteiger partial charge < -0.3 is 5.32 Å². The first-order valence-electron chi connectivity index (χ1n) is 9.12. The lowest BCUT2D eigenvalue weighted by atomic mass is 9.97. The Kier molecular flexibility index (Phi) is 4.67. The molecule has 1 aliphatic rings. The number of nitrogens with zero attached hydrogens (tertiary/aromatic N) is 2. The van der Waals surface area contributed by atoms with Crippen molar-refractivity contribution < 1.29 is 4.79 Å². The Balaban J connectivity index is 1.42. The highest BCUT2D eigenvalue weighted by molar-refractivity contribution is 5.93. The van der Waals surface area contributed by atoms with Gasteiger partial charge in [0.2, 0.25) is 5.91 Å². The third-order valence-electron chi connectivity index (χ3n) is 5.12. The van der Waals surface area contributed by atoms with Gasteiger partial charge in [-0.15, -0.1) is 0 Å². The molecule has 3 aromatic rings. The van der Waals surface area contributed by atoms with Crippen LogP contribution >= 0.6 is 0 Å². The van der Waals surface area contributed by atoms with E-state index in [0.29, 0.717) is 11.7 Å². The SMILES string of the molecule is CC1CN(Cc2ccccc2)CC1C(=O)Nc1ccc2ccccc2n1. The first kappa shape index (κ1) is 16.7. The molecule has 1 aliphatic heterocycles. The molecule has 0 saturated carbocycles. The van der Waals surface area contributed by atoms with Crippen LogP contribution in [0.15, 0.2) is 66.7 Å². The van der Waals surface area contributed by atoms with Crippen LogP contribution in [0.4, 0.5) is 5.82 Å². The number of anilines is 1. The fourth-order valence-corrected chi connectivity index (χ4v) is 3.73. The summed E-state index contributed by atoms with van der Waals surface area (Å²) in [4.78, 5) is 19.7. The van der Waals surface area contributed by atoms with Crippen LogP contribution in [0.5, 0.6) is 0 Å². The molecule has 2 heterocycles. The third kappa shape index (κ3) is 3.60. The average molecular weight is 345 g/mol. The molecule has 2 atom stereocenters. The number of amides is 1. The summed E-state index contributed by atoms with van der Waals surface area (Å²) in [6.45, 7) is 4.78. The van der Waals surface area contributed by atoms with Crippen molar-refractivity contribution in [1.29, 1.82) is 0 Å². The van der Waals surface area contributed by atoms with Crippen LogP contribution in [0.3, 0.4) is 0 Å². The molecule has 26 heavy (non-hydrogen) atoms. The van der Waals surface area contributed by atoms with Crippen LogP contribution in [0.25, 0.3) is 10.9 Å².